The number of amides is 1. The molecule has 1 N–H and O–H groups in total. The van der Waals surface area contributed by atoms with E-state index in [0.717, 1.165) is 11.1 Å². The molecule has 0 saturated carbocycles. The van der Waals surface area contributed by atoms with Crippen LogP contribution < -0.4 is 5.32 Å². The maximum Gasteiger partial charge on any atom is 0.331 e. The predicted molar refractivity (Wildman–Crippen MR) is 97.3 cm³/mol. The Morgan fingerprint density at radius 1 is 1.29 bits per heavy atom. The molecule has 0 aliphatic rings. The lowest BCUT2D eigenvalue weighted by Crippen LogP contribution is -2.30. The van der Waals surface area contributed by atoms with Gasteiger partial charge in [-0.25, -0.2) is 4.79 Å². The molecular formula is C17H15Cl2NO3S. The zero-order chi connectivity index (χ0) is 17.5. The summed E-state index contributed by atoms with van der Waals surface area (Å²) in [4.78, 5) is 23.4. The van der Waals surface area contributed by atoms with Crippen molar-refractivity contribution in [2.45, 2.75) is 13.0 Å². The van der Waals surface area contributed by atoms with Crippen LogP contribution in [0.5, 0.6) is 0 Å². The number of thiophene rings is 1. The van der Waals surface area contributed by atoms with Crippen molar-refractivity contribution in [1.82, 2.24) is 5.32 Å². The third-order valence-corrected chi connectivity index (χ3v) is 4.56. The van der Waals surface area contributed by atoms with Crippen LogP contribution in [0.1, 0.15) is 24.1 Å². The molecule has 1 amide bonds. The molecular weight excluding hydrogens is 369 g/mol. The summed E-state index contributed by atoms with van der Waals surface area (Å²) < 4.78 is 4.90. The number of carbonyl (C=O) groups excluding carboxylic acids is 2. The van der Waals surface area contributed by atoms with Crippen LogP contribution >= 0.6 is 34.5 Å². The highest BCUT2D eigenvalue weighted by Gasteiger charge is 2.12. The first kappa shape index (κ1) is 18.5. The van der Waals surface area contributed by atoms with Crippen molar-refractivity contribution in [3.63, 3.8) is 0 Å². The second-order valence-electron chi connectivity index (χ2n) is 4.96. The summed E-state index contributed by atoms with van der Waals surface area (Å²) in [6.45, 7) is 1.45. The lowest BCUT2D eigenvalue weighted by atomic mass is 10.1. The smallest absolute Gasteiger partial charge is 0.331 e. The maximum atomic E-state index is 11.8. The van der Waals surface area contributed by atoms with Crippen molar-refractivity contribution < 1.29 is 14.3 Å². The van der Waals surface area contributed by atoms with Gasteiger partial charge in [-0.3, -0.25) is 4.79 Å². The first-order chi connectivity index (χ1) is 11.5. The van der Waals surface area contributed by atoms with Crippen LogP contribution in [-0.4, -0.2) is 18.5 Å². The molecule has 7 heteroatoms. The summed E-state index contributed by atoms with van der Waals surface area (Å²) in [5.74, 6) is -0.968. The van der Waals surface area contributed by atoms with E-state index in [1.165, 1.54) is 17.4 Å². The molecule has 1 aromatic heterocycles. The Morgan fingerprint density at radius 2 is 2.08 bits per heavy atom. The van der Waals surface area contributed by atoms with Gasteiger partial charge in [0.25, 0.3) is 5.91 Å². The zero-order valence-electron chi connectivity index (χ0n) is 12.8. The number of hydrogen-bond donors (Lipinski definition) is 1. The van der Waals surface area contributed by atoms with Crippen molar-refractivity contribution in [1.29, 1.82) is 0 Å². The monoisotopic (exact) mass is 383 g/mol. The summed E-state index contributed by atoms with van der Waals surface area (Å²) in [6, 6.07) is 6.71. The van der Waals surface area contributed by atoms with Gasteiger partial charge in [0.15, 0.2) is 6.61 Å². The van der Waals surface area contributed by atoms with Crippen LogP contribution in [0.15, 0.2) is 41.1 Å². The molecule has 4 nitrogen and oxygen atoms in total. The summed E-state index contributed by atoms with van der Waals surface area (Å²) in [6.07, 6.45) is 2.92. The lowest BCUT2D eigenvalue weighted by molar-refractivity contribution is -0.144. The topological polar surface area (TPSA) is 55.4 Å². The lowest BCUT2D eigenvalue weighted by Gasteiger charge is -2.14. The van der Waals surface area contributed by atoms with Gasteiger partial charge < -0.3 is 10.1 Å². The molecule has 0 radical (unpaired) electrons. The third kappa shape index (κ3) is 5.67. The fourth-order valence-electron chi connectivity index (χ4n) is 1.87. The van der Waals surface area contributed by atoms with E-state index in [4.69, 9.17) is 27.9 Å². The van der Waals surface area contributed by atoms with Crippen molar-refractivity contribution in [3.8, 4) is 0 Å². The number of halogens is 2. The van der Waals surface area contributed by atoms with Crippen molar-refractivity contribution in [2.75, 3.05) is 6.61 Å². The maximum absolute atomic E-state index is 11.8. The fraction of sp³-hybridized carbons (Fsp3) is 0.176. The summed E-state index contributed by atoms with van der Waals surface area (Å²) >= 11 is 13.3. The second kappa shape index (κ2) is 8.87. The molecule has 0 fully saturated rings. The van der Waals surface area contributed by atoms with E-state index in [1.54, 1.807) is 31.2 Å². The molecule has 1 heterocycles. The normalized spacial score (nSPS) is 12.1. The van der Waals surface area contributed by atoms with Crippen LogP contribution in [0.3, 0.4) is 0 Å². The van der Waals surface area contributed by atoms with Crippen LogP contribution in [0.25, 0.3) is 6.08 Å². The Bertz CT molecular complexity index is 744. The molecule has 0 bridgehead atoms. The Hall–Kier alpha value is -1.82. The zero-order valence-corrected chi connectivity index (χ0v) is 15.1. The predicted octanol–water partition coefficient (Wildman–Crippen LogP) is 4.49. The molecule has 0 saturated heterocycles. The number of ether oxygens (including phenoxy) is 1. The molecule has 0 spiro atoms. The number of rotatable bonds is 6. The quantitative estimate of drug-likeness (QED) is 0.590. The van der Waals surface area contributed by atoms with Gasteiger partial charge in [0.1, 0.15) is 0 Å². The number of esters is 1. The minimum Gasteiger partial charge on any atom is -0.452 e. The van der Waals surface area contributed by atoms with Crippen molar-refractivity contribution >= 4 is 52.5 Å². The van der Waals surface area contributed by atoms with Gasteiger partial charge in [-0.05, 0) is 53.1 Å². The standard InChI is InChI=1S/C17H15Cl2NO3S/c1-11(13-3-4-14(18)15(19)8-13)20-16(21)9-23-17(22)5-2-12-6-7-24-10-12/h2-8,10-11H,9H2,1H3,(H,20,21)/b5-2+/t11-/m1/s1. The van der Waals surface area contributed by atoms with Gasteiger partial charge in [-0.2, -0.15) is 11.3 Å². The van der Waals surface area contributed by atoms with Crippen LogP contribution in [0, 0.1) is 0 Å². The van der Waals surface area contributed by atoms with Gasteiger partial charge in [0.05, 0.1) is 16.1 Å². The van der Waals surface area contributed by atoms with Crippen molar-refractivity contribution in [3.05, 3.63) is 62.3 Å². The molecule has 1 aromatic carbocycles. The van der Waals surface area contributed by atoms with Gasteiger partial charge in [-0.1, -0.05) is 29.3 Å². The van der Waals surface area contributed by atoms with E-state index < -0.39 is 11.9 Å². The number of nitrogens with one attached hydrogen (secondary N) is 1. The molecule has 0 unspecified atom stereocenters. The highest BCUT2D eigenvalue weighted by Crippen LogP contribution is 2.25. The summed E-state index contributed by atoms with van der Waals surface area (Å²) in [7, 11) is 0. The molecule has 0 aliphatic carbocycles. The molecule has 1 atom stereocenters. The number of hydrogen-bond acceptors (Lipinski definition) is 4. The Labute approximate surface area is 154 Å². The first-order valence-electron chi connectivity index (χ1n) is 7.07. The number of carbonyl (C=O) groups is 2. The second-order valence-corrected chi connectivity index (χ2v) is 6.55. The summed E-state index contributed by atoms with van der Waals surface area (Å²) in [5, 5.41) is 7.40. The van der Waals surface area contributed by atoms with E-state index in [1.807, 2.05) is 16.8 Å². The van der Waals surface area contributed by atoms with E-state index in [-0.39, 0.29) is 12.6 Å². The first-order valence-corrected chi connectivity index (χ1v) is 8.77. The Balaban J connectivity index is 1.80. The minimum absolute atomic E-state index is 0.285. The number of benzene rings is 1. The molecule has 2 aromatic rings. The minimum atomic E-state index is -0.571. The Kier molecular flexibility index (Phi) is 6.85. The van der Waals surface area contributed by atoms with Crippen LogP contribution in [0.4, 0.5) is 0 Å². The average Bonchev–Trinajstić information content (AvgIpc) is 3.07. The SMILES string of the molecule is C[C@@H](NC(=O)COC(=O)/C=C/c1ccsc1)c1ccc(Cl)c(Cl)c1. The van der Waals surface area contributed by atoms with Gasteiger partial charge in [0.2, 0.25) is 0 Å². The fourth-order valence-corrected chi connectivity index (χ4v) is 2.80. The largest absolute Gasteiger partial charge is 0.452 e. The Morgan fingerprint density at radius 3 is 2.75 bits per heavy atom. The van der Waals surface area contributed by atoms with Crippen LogP contribution in [-0.2, 0) is 14.3 Å². The highest BCUT2D eigenvalue weighted by molar-refractivity contribution is 7.08. The molecule has 126 valence electrons. The van der Waals surface area contributed by atoms with Crippen LogP contribution in [0.2, 0.25) is 10.0 Å². The van der Waals surface area contributed by atoms with E-state index >= 15 is 0 Å². The third-order valence-electron chi connectivity index (χ3n) is 3.12. The van der Waals surface area contributed by atoms with E-state index in [0.29, 0.717) is 10.0 Å². The molecule has 0 aliphatic heterocycles. The van der Waals surface area contributed by atoms with E-state index in [9.17, 15) is 9.59 Å². The average molecular weight is 384 g/mol. The van der Waals surface area contributed by atoms with Gasteiger partial charge in [0, 0.05) is 6.08 Å². The van der Waals surface area contributed by atoms with Crippen molar-refractivity contribution in [2.24, 2.45) is 0 Å². The van der Waals surface area contributed by atoms with Gasteiger partial charge >= 0.3 is 5.97 Å². The molecule has 2 rings (SSSR count). The van der Waals surface area contributed by atoms with E-state index in [2.05, 4.69) is 5.32 Å². The molecule has 24 heavy (non-hydrogen) atoms. The van der Waals surface area contributed by atoms with Gasteiger partial charge in [-0.15, -0.1) is 0 Å². The summed E-state index contributed by atoms with van der Waals surface area (Å²) in [5.41, 5.74) is 1.72. The highest BCUT2D eigenvalue weighted by atomic mass is 35.5.